The third kappa shape index (κ3) is 4.46. The average molecular weight is 288 g/mol. The number of carbonyl (C=O) groups excluding carboxylic acids is 1. The van der Waals surface area contributed by atoms with Crippen molar-refractivity contribution in [2.45, 2.75) is 39.5 Å². The third-order valence-electron chi connectivity index (χ3n) is 3.07. The number of anilines is 1. The number of unbranched alkanes of at least 4 members (excludes halogenated alkanes) is 1. The average Bonchev–Trinajstić information content (AvgIpc) is 2.83. The van der Waals surface area contributed by atoms with Crippen molar-refractivity contribution >= 4 is 22.4 Å². The number of benzene rings is 1. The minimum atomic E-state index is -0.0133. The molecule has 0 radical (unpaired) electrons. The second-order valence-corrected chi connectivity index (χ2v) is 5.80. The molecule has 0 aliphatic carbocycles. The van der Waals surface area contributed by atoms with Gasteiger partial charge >= 0.3 is 0 Å². The number of nitrogens with zero attached hydrogens (tertiary/aromatic N) is 1. The number of aromatic nitrogens is 1. The molecule has 0 aliphatic rings. The highest BCUT2D eigenvalue weighted by Crippen LogP contribution is 2.15. The van der Waals surface area contributed by atoms with Crippen LogP contribution in [0.1, 0.15) is 36.6 Å². The number of hydrogen-bond donors (Lipinski definition) is 1. The van der Waals surface area contributed by atoms with E-state index in [1.165, 1.54) is 29.7 Å². The molecule has 0 aliphatic heterocycles. The highest BCUT2D eigenvalue weighted by Gasteiger charge is 2.06. The number of rotatable bonds is 6. The molecule has 0 bridgehead atoms. The van der Waals surface area contributed by atoms with Crippen LogP contribution in [0.5, 0.6) is 0 Å². The first-order valence-corrected chi connectivity index (χ1v) is 7.85. The maximum absolute atomic E-state index is 11.9. The molecule has 3 nitrogen and oxygen atoms in total. The van der Waals surface area contributed by atoms with E-state index in [1.54, 1.807) is 0 Å². The molecule has 1 N–H and O–H groups in total. The van der Waals surface area contributed by atoms with Crippen LogP contribution in [-0.4, -0.2) is 10.9 Å². The van der Waals surface area contributed by atoms with Crippen LogP contribution in [0.2, 0.25) is 0 Å². The van der Waals surface area contributed by atoms with E-state index in [-0.39, 0.29) is 5.91 Å². The molecule has 0 spiro atoms. The highest BCUT2D eigenvalue weighted by atomic mass is 32.1. The molecule has 2 aromatic rings. The van der Waals surface area contributed by atoms with Crippen molar-refractivity contribution in [3.05, 3.63) is 46.5 Å². The van der Waals surface area contributed by atoms with E-state index in [0.717, 1.165) is 17.7 Å². The summed E-state index contributed by atoms with van der Waals surface area (Å²) in [6, 6.07) is 8.31. The Morgan fingerprint density at radius 2 is 1.95 bits per heavy atom. The number of hydrogen-bond acceptors (Lipinski definition) is 3. The fourth-order valence-corrected chi connectivity index (χ4v) is 2.67. The van der Waals surface area contributed by atoms with E-state index in [2.05, 4.69) is 29.4 Å². The SMILES string of the molecule is CCCCc1ccc(CC(=O)Nc2nc(C)cs2)cc1. The van der Waals surface area contributed by atoms with Gasteiger partial charge in [0.2, 0.25) is 5.91 Å². The lowest BCUT2D eigenvalue weighted by Gasteiger charge is -2.04. The lowest BCUT2D eigenvalue weighted by Crippen LogP contribution is -2.14. The predicted molar refractivity (Wildman–Crippen MR) is 84.2 cm³/mol. The summed E-state index contributed by atoms with van der Waals surface area (Å²) in [5.74, 6) is -0.0133. The molecular formula is C16H20N2OS. The lowest BCUT2D eigenvalue weighted by molar-refractivity contribution is -0.115. The number of carbonyl (C=O) groups is 1. The van der Waals surface area contributed by atoms with Crippen LogP contribution in [0.4, 0.5) is 5.13 Å². The fourth-order valence-electron chi connectivity index (χ4n) is 1.96. The van der Waals surface area contributed by atoms with Gasteiger partial charge in [0.25, 0.3) is 0 Å². The molecule has 0 atom stereocenters. The van der Waals surface area contributed by atoms with Crippen molar-refractivity contribution < 1.29 is 4.79 Å². The Morgan fingerprint density at radius 3 is 2.55 bits per heavy atom. The van der Waals surface area contributed by atoms with E-state index < -0.39 is 0 Å². The van der Waals surface area contributed by atoms with E-state index in [1.807, 2.05) is 24.4 Å². The van der Waals surface area contributed by atoms with Crippen LogP contribution in [0.3, 0.4) is 0 Å². The summed E-state index contributed by atoms with van der Waals surface area (Å²) in [7, 11) is 0. The summed E-state index contributed by atoms with van der Waals surface area (Å²) in [5.41, 5.74) is 3.31. The van der Waals surface area contributed by atoms with Crippen LogP contribution in [0, 0.1) is 6.92 Å². The summed E-state index contributed by atoms with van der Waals surface area (Å²) in [5, 5.41) is 5.43. The molecule has 1 aromatic carbocycles. The van der Waals surface area contributed by atoms with Crippen molar-refractivity contribution in [1.82, 2.24) is 4.98 Å². The Balaban J connectivity index is 1.87. The molecule has 1 heterocycles. The van der Waals surface area contributed by atoms with Crippen molar-refractivity contribution in [2.75, 3.05) is 5.32 Å². The van der Waals surface area contributed by atoms with Gasteiger partial charge in [-0.1, -0.05) is 37.6 Å². The summed E-state index contributed by atoms with van der Waals surface area (Å²) in [4.78, 5) is 16.1. The molecule has 0 unspecified atom stereocenters. The second kappa shape index (κ2) is 7.20. The smallest absolute Gasteiger partial charge is 0.230 e. The van der Waals surface area contributed by atoms with Gasteiger partial charge < -0.3 is 5.32 Å². The van der Waals surface area contributed by atoms with Gasteiger partial charge in [-0.05, 0) is 30.9 Å². The lowest BCUT2D eigenvalue weighted by atomic mass is 10.0. The van der Waals surface area contributed by atoms with Gasteiger partial charge in [-0.2, -0.15) is 0 Å². The van der Waals surface area contributed by atoms with Gasteiger partial charge in [0.15, 0.2) is 5.13 Å². The number of thiazole rings is 1. The molecule has 4 heteroatoms. The van der Waals surface area contributed by atoms with Crippen molar-refractivity contribution in [1.29, 1.82) is 0 Å². The van der Waals surface area contributed by atoms with Gasteiger partial charge in [-0.15, -0.1) is 11.3 Å². The highest BCUT2D eigenvalue weighted by molar-refractivity contribution is 7.13. The van der Waals surface area contributed by atoms with E-state index in [4.69, 9.17) is 0 Å². The molecule has 106 valence electrons. The van der Waals surface area contributed by atoms with E-state index in [9.17, 15) is 4.79 Å². The van der Waals surface area contributed by atoms with Crippen molar-refractivity contribution in [3.63, 3.8) is 0 Å². The van der Waals surface area contributed by atoms with Gasteiger partial charge in [0.05, 0.1) is 12.1 Å². The van der Waals surface area contributed by atoms with E-state index >= 15 is 0 Å². The predicted octanol–water partition coefficient (Wildman–Crippen LogP) is 3.98. The fraction of sp³-hybridized carbons (Fsp3) is 0.375. The third-order valence-corrected chi connectivity index (χ3v) is 3.95. The Kier molecular flexibility index (Phi) is 5.30. The van der Waals surface area contributed by atoms with Gasteiger partial charge in [-0.3, -0.25) is 4.79 Å². The molecule has 0 saturated carbocycles. The Morgan fingerprint density at radius 1 is 1.25 bits per heavy atom. The number of amides is 1. The van der Waals surface area contributed by atoms with Gasteiger partial charge in [0, 0.05) is 5.38 Å². The maximum atomic E-state index is 11.9. The first kappa shape index (κ1) is 14.7. The summed E-state index contributed by atoms with van der Waals surface area (Å²) >= 11 is 1.46. The molecule has 0 saturated heterocycles. The zero-order valence-electron chi connectivity index (χ0n) is 12.0. The van der Waals surface area contributed by atoms with Crippen LogP contribution in [0.25, 0.3) is 0 Å². The zero-order chi connectivity index (χ0) is 14.4. The van der Waals surface area contributed by atoms with Crippen LogP contribution in [-0.2, 0) is 17.6 Å². The van der Waals surface area contributed by atoms with Crippen LogP contribution >= 0.6 is 11.3 Å². The molecule has 0 fully saturated rings. The topological polar surface area (TPSA) is 42.0 Å². The normalized spacial score (nSPS) is 10.5. The molecule has 1 aromatic heterocycles. The number of nitrogens with one attached hydrogen (secondary N) is 1. The van der Waals surface area contributed by atoms with Crippen molar-refractivity contribution in [3.8, 4) is 0 Å². The Labute approximate surface area is 124 Å². The quantitative estimate of drug-likeness (QED) is 0.873. The first-order valence-electron chi connectivity index (χ1n) is 6.97. The van der Waals surface area contributed by atoms with Crippen molar-refractivity contribution in [2.24, 2.45) is 0 Å². The van der Waals surface area contributed by atoms with E-state index in [0.29, 0.717) is 11.6 Å². The molecule has 20 heavy (non-hydrogen) atoms. The molecular weight excluding hydrogens is 268 g/mol. The zero-order valence-corrected chi connectivity index (χ0v) is 12.8. The second-order valence-electron chi connectivity index (χ2n) is 4.94. The van der Waals surface area contributed by atoms with Crippen LogP contribution in [0.15, 0.2) is 29.6 Å². The first-order chi connectivity index (χ1) is 9.67. The summed E-state index contributed by atoms with van der Waals surface area (Å²) in [6.07, 6.45) is 3.93. The Bertz CT molecular complexity index is 560. The molecule has 2 rings (SSSR count). The minimum Gasteiger partial charge on any atom is -0.302 e. The van der Waals surface area contributed by atoms with Gasteiger partial charge in [0.1, 0.15) is 0 Å². The van der Waals surface area contributed by atoms with Crippen LogP contribution < -0.4 is 5.32 Å². The molecule has 1 amide bonds. The summed E-state index contributed by atoms with van der Waals surface area (Å²) < 4.78 is 0. The Hall–Kier alpha value is -1.68. The standard InChI is InChI=1S/C16H20N2OS/c1-3-4-5-13-6-8-14(9-7-13)10-15(19)18-16-17-12(2)11-20-16/h6-9,11H,3-5,10H2,1-2H3,(H,17,18,19). The van der Waals surface area contributed by atoms with Gasteiger partial charge in [-0.25, -0.2) is 4.98 Å². The largest absolute Gasteiger partial charge is 0.302 e. The maximum Gasteiger partial charge on any atom is 0.230 e. The summed E-state index contributed by atoms with van der Waals surface area (Å²) in [6.45, 7) is 4.11. The monoisotopic (exact) mass is 288 g/mol. The number of aryl methyl sites for hydroxylation is 2. The minimum absolute atomic E-state index is 0.0133.